The number of nitrogens with zero attached hydrogens (tertiary/aromatic N) is 2. The Kier molecular flexibility index (Phi) is 6.66. The predicted octanol–water partition coefficient (Wildman–Crippen LogP) is 4.02. The van der Waals surface area contributed by atoms with Crippen LogP contribution in [0.2, 0.25) is 0 Å². The van der Waals surface area contributed by atoms with Crippen LogP contribution < -0.4 is 10.6 Å². The maximum absolute atomic E-state index is 12.7. The number of fused-ring (bicyclic) bond motifs is 2. The van der Waals surface area contributed by atoms with Crippen molar-refractivity contribution in [1.29, 1.82) is 0 Å². The average Bonchev–Trinajstić information content (AvgIpc) is 3.11. The van der Waals surface area contributed by atoms with Crippen LogP contribution in [-0.2, 0) is 22.7 Å². The number of rotatable bonds is 4. The number of aryl methyl sites for hydroxylation is 1. The van der Waals surface area contributed by atoms with Gasteiger partial charge in [0.05, 0.1) is 6.54 Å². The predicted molar refractivity (Wildman–Crippen MR) is 125 cm³/mol. The molecule has 0 bridgehead atoms. The molecule has 4 rings (SSSR count). The molecule has 0 saturated heterocycles. The first kappa shape index (κ1) is 21.8. The Hall–Kier alpha value is -3.45. The Balaban J connectivity index is 1.45. The van der Waals surface area contributed by atoms with Crippen LogP contribution in [0, 0.1) is 6.92 Å². The van der Waals surface area contributed by atoms with Crippen LogP contribution in [0.1, 0.15) is 41.7 Å². The first-order valence-corrected chi connectivity index (χ1v) is 10.9. The molecule has 166 valence electrons. The molecule has 1 aliphatic rings. The zero-order valence-corrected chi connectivity index (χ0v) is 18.5. The monoisotopic (exact) mass is 432 g/mol. The van der Waals surface area contributed by atoms with Gasteiger partial charge in [-0.1, -0.05) is 18.2 Å². The molecule has 3 aromatic rings. The zero-order chi connectivity index (χ0) is 22.5. The smallest absolute Gasteiger partial charge is 0.246 e. The van der Waals surface area contributed by atoms with Crippen LogP contribution in [0.25, 0.3) is 17.0 Å². The summed E-state index contributed by atoms with van der Waals surface area (Å²) in [5, 5.41) is 7.33. The van der Waals surface area contributed by atoms with E-state index in [1.54, 1.807) is 24.2 Å². The highest BCUT2D eigenvalue weighted by Gasteiger charge is 2.15. The van der Waals surface area contributed by atoms with Crippen molar-refractivity contribution in [1.82, 2.24) is 15.2 Å². The van der Waals surface area contributed by atoms with Gasteiger partial charge in [-0.05, 0) is 50.1 Å². The van der Waals surface area contributed by atoms with E-state index in [4.69, 9.17) is 4.42 Å². The third-order valence-corrected chi connectivity index (χ3v) is 5.69. The maximum Gasteiger partial charge on any atom is 0.246 e. The molecular formula is C25H28N4O3. The quantitative estimate of drug-likeness (QED) is 0.608. The SMILES string of the molecule is Cc1c(CN(C)C(=O)/C=C/c2cnc3c(c2)CNCCCCC(=O)N3)oc2ccccc12. The van der Waals surface area contributed by atoms with Crippen molar-refractivity contribution in [3.63, 3.8) is 0 Å². The molecule has 0 saturated carbocycles. The fourth-order valence-electron chi connectivity index (χ4n) is 3.78. The van der Waals surface area contributed by atoms with E-state index in [0.29, 0.717) is 25.3 Å². The van der Waals surface area contributed by atoms with Crippen molar-refractivity contribution in [2.75, 3.05) is 18.9 Å². The van der Waals surface area contributed by atoms with Crippen LogP contribution in [-0.4, -0.2) is 35.3 Å². The highest BCUT2D eigenvalue weighted by atomic mass is 16.3. The Bertz CT molecular complexity index is 1170. The zero-order valence-electron chi connectivity index (χ0n) is 18.5. The topological polar surface area (TPSA) is 87.5 Å². The third-order valence-electron chi connectivity index (χ3n) is 5.69. The van der Waals surface area contributed by atoms with E-state index in [-0.39, 0.29) is 11.8 Å². The lowest BCUT2D eigenvalue weighted by molar-refractivity contribution is -0.125. The molecule has 0 fully saturated rings. The minimum atomic E-state index is -0.128. The van der Waals surface area contributed by atoms with Gasteiger partial charge in [0.15, 0.2) is 0 Å². The number of benzene rings is 1. The van der Waals surface area contributed by atoms with Crippen molar-refractivity contribution in [3.05, 3.63) is 65.1 Å². The van der Waals surface area contributed by atoms with E-state index >= 15 is 0 Å². The number of carbonyl (C=O) groups excluding carboxylic acids is 2. The highest BCUT2D eigenvalue weighted by Crippen LogP contribution is 2.25. The van der Waals surface area contributed by atoms with Gasteiger partial charge in [-0.3, -0.25) is 9.59 Å². The molecule has 1 aromatic carbocycles. The number of anilines is 1. The Morgan fingerprint density at radius 1 is 1.28 bits per heavy atom. The highest BCUT2D eigenvalue weighted by molar-refractivity contribution is 5.92. The van der Waals surface area contributed by atoms with Gasteiger partial charge in [-0.25, -0.2) is 4.98 Å². The molecule has 2 N–H and O–H groups in total. The van der Waals surface area contributed by atoms with Gasteiger partial charge in [-0.2, -0.15) is 0 Å². The van der Waals surface area contributed by atoms with Crippen LogP contribution in [0.3, 0.4) is 0 Å². The van der Waals surface area contributed by atoms with E-state index in [1.807, 2.05) is 37.3 Å². The van der Waals surface area contributed by atoms with Crippen LogP contribution >= 0.6 is 0 Å². The number of aromatic nitrogens is 1. The number of carbonyl (C=O) groups is 2. The number of hydrogen-bond donors (Lipinski definition) is 2. The summed E-state index contributed by atoms with van der Waals surface area (Å²) in [6.45, 7) is 3.87. The maximum atomic E-state index is 12.7. The number of hydrogen-bond acceptors (Lipinski definition) is 5. The number of nitrogens with one attached hydrogen (secondary N) is 2. The van der Waals surface area contributed by atoms with Crippen molar-refractivity contribution in [3.8, 4) is 0 Å². The molecule has 7 nitrogen and oxygen atoms in total. The lowest BCUT2D eigenvalue weighted by atomic mass is 10.1. The number of likely N-dealkylation sites (N-methyl/N-ethyl adjacent to an activating group) is 1. The molecule has 32 heavy (non-hydrogen) atoms. The molecular weight excluding hydrogens is 404 g/mol. The van der Waals surface area contributed by atoms with Crippen molar-refractivity contribution in [2.24, 2.45) is 0 Å². The molecule has 2 aromatic heterocycles. The van der Waals surface area contributed by atoms with Crippen LogP contribution in [0.4, 0.5) is 5.82 Å². The fraction of sp³-hybridized carbons (Fsp3) is 0.320. The first-order valence-electron chi connectivity index (χ1n) is 10.9. The van der Waals surface area contributed by atoms with Crippen molar-refractivity contribution < 1.29 is 14.0 Å². The van der Waals surface area contributed by atoms with E-state index in [0.717, 1.165) is 52.8 Å². The van der Waals surface area contributed by atoms with Gasteiger partial charge >= 0.3 is 0 Å². The molecule has 7 heteroatoms. The average molecular weight is 433 g/mol. The third kappa shape index (κ3) is 5.06. The summed E-state index contributed by atoms with van der Waals surface area (Å²) in [5.41, 5.74) is 3.59. The van der Waals surface area contributed by atoms with Gasteiger partial charge in [0.25, 0.3) is 0 Å². The fourth-order valence-corrected chi connectivity index (χ4v) is 3.78. The van der Waals surface area contributed by atoms with Crippen LogP contribution in [0.15, 0.2) is 47.0 Å². The van der Waals surface area contributed by atoms with E-state index < -0.39 is 0 Å². The second-order valence-corrected chi connectivity index (χ2v) is 8.13. The summed E-state index contributed by atoms with van der Waals surface area (Å²) < 4.78 is 5.93. The summed E-state index contributed by atoms with van der Waals surface area (Å²) in [5.74, 6) is 1.22. The van der Waals surface area contributed by atoms with Crippen LogP contribution in [0.5, 0.6) is 0 Å². The molecule has 0 atom stereocenters. The standard InChI is InChI=1S/C25H28N4O3/c1-17-20-7-3-4-8-21(20)32-22(17)16-29(2)24(31)11-10-18-13-19-15-26-12-6-5-9-23(30)28-25(19)27-14-18/h3-4,7-8,10-11,13-14,26H,5-6,9,12,15-16H2,1-2H3,(H,27,28,30)/b11-10+. The molecule has 2 amide bonds. The minimum Gasteiger partial charge on any atom is -0.459 e. The second-order valence-electron chi connectivity index (χ2n) is 8.13. The minimum absolute atomic E-state index is 0.0124. The van der Waals surface area contributed by atoms with Crippen molar-refractivity contribution in [2.45, 2.75) is 39.3 Å². The van der Waals surface area contributed by atoms with Gasteiger partial charge in [-0.15, -0.1) is 0 Å². The Morgan fingerprint density at radius 2 is 2.12 bits per heavy atom. The second kappa shape index (κ2) is 9.78. The first-order chi connectivity index (χ1) is 15.5. The summed E-state index contributed by atoms with van der Waals surface area (Å²) >= 11 is 0. The Morgan fingerprint density at radius 3 is 2.97 bits per heavy atom. The normalized spacial score (nSPS) is 14.9. The number of pyridine rings is 1. The van der Waals surface area contributed by atoms with Crippen molar-refractivity contribution >= 4 is 34.7 Å². The number of amides is 2. The molecule has 1 aliphatic heterocycles. The Labute approximate surface area is 187 Å². The molecule has 3 heterocycles. The lowest BCUT2D eigenvalue weighted by Gasteiger charge is -2.15. The van der Waals surface area contributed by atoms with Gasteiger partial charge < -0.3 is 20.0 Å². The summed E-state index contributed by atoms with van der Waals surface area (Å²) in [6, 6.07) is 9.82. The largest absolute Gasteiger partial charge is 0.459 e. The van der Waals surface area contributed by atoms with E-state index in [2.05, 4.69) is 15.6 Å². The summed E-state index contributed by atoms with van der Waals surface area (Å²) in [4.78, 5) is 30.7. The van der Waals surface area contributed by atoms with Gasteiger partial charge in [0.2, 0.25) is 11.8 Å². The van der Waals surface area contributed by atoms with Gasteiger partial charge in [0, 0.05) is 48.8 Å². The van der Waals surface area contributed by atoms with E-state index in [1.165, 1.54) is 6.08 Å². The number of para-hydroxylation sites is 1. The van der Waals surface area contributed by atoms with E-state index in [9.17, 15) is 9.59 Å². The van der Waals surface area contributed by atoms with Gasteiger partial charge in [0.1, 0.15) is 17.2 Å². The molecule has 0 spiro atoms. The molecule has 0 radical (unpaired) electrons. The summed E-state index contributed by atoms with van der Waals surface area (Å²) in [6.07, 6.45) is 7.26. The number of furan rings is 1. The molecule has 0 unspecified atom stereocenters. The lowest BCUT2D eigenvalue weighted by Crippen LogP contribution is -2.24. The summed E-state index contributed by atoms with van der Waals surface area (Å²) in [7, 11) is 1.75. The molecule has 0 aliphatic carbocycles.